The Labute approximate surface area is 69.7 Å². The molecule has 0 unspecified atom stereocenters. The number of hydrogen-bond donors (Lipinski definition) is 5. The highest BCUT2D eigenvalue weighted by molar-refractivity contribution is 5.32. The van der Waals surface area contributed by atoms with E-state index >= 15 is 0 Å². The van der Waals surface area contributed by atoms with Gasteiger partial charge in [-0.15, -0.1) is 0 Å². The summed E-state index contributed by atoms with van der Waals surface area (Å²) in [7, 11) is 0. The van der Waals surface area contributed by atoms with Gasteiger partial charge in [0, 0.05) is 0 Å². The average Bonchev–Trinajstić information content (AvgIpc) is 2.11. The Morgan fingerprint density at radius 3 is 1.08 bits per heavy atom. The normalized spacial score (nSPS) is 10.0. The van der Waals surface area contributed by atoms with E-state index in [0.717, 1.165) is 0 Å². The molecular weight excluding hydrogens is 168 g/mol. The van der Waals surface area contributed by atoms with Gasteiger partial charge in [-0.1, -0.05) is 0 Å². The van der Waals surface area contributed by atoms with Crippen LogP contribution in [0.3, 0.4) is 0 Å². The fourth-order valence-corrected chi connectivity index (χ4v) is 0.300. The molecule has 0 spiro atoms. The molecule has 0 aliphatic heterocycles. The van der Waals surface area contributed by atoms with Crippen LogP contribution >= 0.6 is 0 Å². The van der Waals surface area contributed by atoms with Crippen molar-refractivity contribution in [3.05, 3.63) is 0 Å². The third-order valence-electron chi connectivity index (χ3n) is 1.34. The summed E-state index contributed by atoms with van der Waals surface area (Å²) in [6.07, 6.45) is 0. The number of carboxylic acid groups (broad SMARTS) is 1. The van der Waals surface area contributed by atoms with Crippen molar-refractivity contribution in [2.24, 2.45) is 5.41 Å². The molecular formula is C6H14O6. The zero-order valence-corrected chi connectivity index (χ0v) is 6.55. The molecule has 0 aliphatic rings. The van der Waals surface area contributed by atoms with Crippen molar-refractivity contribution >= 4 is 6.47 Å². The minimum atomic E-state index is -1.11. The predicted octanol–water partition coefficient (Wildman–Crippen LogP) is -2.36. The maximum Gasteiger partial charge on any atom is 0.290 e. The van der Waals surface area contributed by atoms with E-state index in [4.69, 9.17) is 30.3 Å². The van der Waals surface area contributed by atoms with Crippen molar-refractivity contribution in [1.82, 2.24) is 0 Å². The van der Waals surface area contributed by atoms with Crippen LogP contribution in [0, 0.1) is 5.41 Å². The SMILES string of the molecule is O=CO.OCC(CO)(CO)CO. The number of rotatable bonds is 4. The molecule has 12 heavy (non-hydrogen) atoms. The minimum Gasteiger partial charge on any atom is -0.483 e. The minimum absolute atomic E-state index is 0.250. The van der Waals surface area contributed by atoms with Crippen molar-refractivity contribution < 1.29 is 30.3 Å². The number of carbonyl (C=O) groups is 1. The summed E-state index contributed by atoms with van der Waals surface area (Å²) in [6.45, 7) is -1.88. The van der Waals surface area contributed by atoms with Crippen molar-refractivity contribution in [2.75, 3.05) is 26.4 Å². The molecule has 6 heteroatoms. The lowest BCUT2D eigenvalue weighted by Gasteiger charge is -2.23. The Kier molecular flexibility index (Phi) is 9.72. The molecule has 0 radical (unpaired) electrons. The third kappa shape index (κ3) is 5.03. The van der Waals surface area contributed by atoms with E-state index in [0.29, 0.717) is 0 Å². The lowest BCUT2D eigenvalue weighted by molar-refractivity contribution is -0.122. The van der Waals surface area contributed by atoms with Gasteiger partial charge in [0.15, 0.2) is 0 Å². The van der Waals surface area contributed by atoms with Crippen molar-refractivity contribution in [3.63, 3.8) is 0 Å². The lowest BCUT2D eigenvalue weighted by Crippen LogP contribution is -2.37. The molecule has 0 aliphatic carbocycles. The Morgan fingerprint density at radius 1 is 0.917 bits per heavy atom. The quantitative estimate of drug-likeness (QED) is 0.310. The molecule has 5 N–H and O–H groups in total. The maximum absolute atomic E-state index is 8.50. The van der Waals surface area contributed by atoms with Crippen LogP contribution in [-0.4, -0.2) is 58.4 Å². The van der Waals surface area contributed by atoms with Gasteiger partial charge in [-0.25, -0.2) is 0 Å². The molecule has 0 saturated carbocycles. The molecule has 0 atom stereocenters. The van der Waals surface area contributed by atoms with E-state index in [9.17, 15) is 0 Å². The first-order valence-electron chi connectivity index (χ1n) is 3.17. The summed E-state index contributed by atoms with van der Waals surface area (Å²) in [5, 5.41) is 40.9. The van der Waals surface area contributed by atoms with Crippen LogP contribution in [-0.2, 0) is 4.79 Å². The summed E-state index contributed by atoms with van der Waals surface area (Å²) in [5.41, 5.74) is -1.11. The van der Waals surface area contributed by atoms with E-state index in [2.05, 4.69) is 0 Å². The summed E-state index contributed by atoms with van der Waals surface area (Å²) >= 11 is 0. The Morgan fingerprint density at radius 2 is 1.08 bits per heavy atom. The summed E-state index contributed by atoms with van der Waals surface area (Å²) in [6, 6.07) is 0. The van der Waals surface area contributed by atoms with E-state index in [1.807, 2.05) is 0 Å². The maximum atomic E-state index is 8.50. The van der Waals surface area contributed by atoms with Gasteiger partial charge in [0.05, 0.1) is 31.8 Å². The standard InChI is InChI=1S/C5H12O4.CH2O2/c6-1-5(2-7,3-8)4-9;2-1-3/h6-9H,1-4H2;1H,(H,2,3). The molecule has 0 rings (SSSR count). The highest BCUT2D eigenvalue weighted by Crippen LogP contribution is 2.11. The first-order chi connectivity index (χ1) is 5.66. The number of aliphatic hydroxyl groups excluding tert-OH is 4. The fourth-order valence-electron chi connectivity index (χ4n) is 0.300. The molecule has 0 fully saturated rings. The van der Waals surface area contributed by atoms with Crippen LogP contribution in [0.1, 0.15) is 0 Å². The molecule has 0 saturated heterocycles. The molecule has 6 nitrogen and oxygen atoms in total. The number of hydrogen-bond acceptors (Lipinski definition) is 5. The largest absolute Gasteiger partial charge is 0.483 e. The van der Waals surface area contributed by atoms with Gasteiger partial charge in [0.2, 0.25) is 0 Å². The molecule has 0 heterocycles. The predicted molar refractivity (Wildman–Crippen MR) is 39.5 cm³/mol. The Bertz CT molecular complexity index is 82.7. The van der Waals surface area contributed by atoms with Gasteiger partial charge < -0.3 is 25.5 Å². The molecule has 0 aromatic rings. The van der Waals surface area contributed by atoms with E-state index in [1.165, 1.54) is 0 Å². The van der Waals surface area contributed by atoms with Gasteiger partial charge in [-0.2, -0.15) is 0 Å². The molecule has 74 valence electrons. The first-order valence-corrected chi connectivity index (χ1v) is 3.17. The average molecular weight is 182 g/mol. The van der Waals surface area contributed by atoms with Gasteiger partial charge in [0.25, 0.3) is 6.47 Å². The second-order valence-electron chi connectivity index (χ2n) is 2.24. The molecule has 0 amide bonds. The van der Waals surface area contributed by atoms with Crippen molar-refractivity contribution in [2.45, 2.75) is 0 Å². The Balaban J connectivity index is 0. The van der Waals surface area contributed by atoms with Crippen LogP contribution in [0.25, 0.3) is 0 Å². The van der Waals surface area contributed by atoms with Crippen LogP contribution < -0.4 is 0 Å². The van der Waals surface area contributed by atoms with E-state index in [1.54, 1.807) is 0 Å². The summed E-state index contributed by atoms with van der Waals surface area (Å²) in [5.74, 6) is 0. The van der Waals surface area contributed by atoms with Gasteiger partial charge in [-0.05, 0) is 0 Å². The molecule has 0 aromatic carbocycles. The van der Waals surface area contributed by atoms with Crippen LogP contribution in [0.4, 0.5) is 0 Å². The van der Waals surface area contributed by atoms with Gasteiger partial charge in [-0.3, -0.25) is 4.79 Å². The summed E-state index contributed by atoms with van der Waals surface area (Å²) < 4.78 is 0. The Hall–Kier alpha value is -0.690. The topological polar surface area (TPSA) is 118 Å². The summed E-state index contributed by atoms with van der Waals surface area (Å²) in [4.78, 5) is 8.36. The highest BCUT2D eigenvalue weighted by atomic mass is 16.3. The van der Waals surface area contributed by atoms with Gasteiger partial charge >= 0.3 is 0 Å². The van der Waals surface area contributed by atoms with Crippen molar-refractivity contribution in [3.8, 4) is 0 Å². The zero-order chi connectivity index (χ0) is 10.0. The number of aliphatic hydroxyl groups is 4. The molecule has 0 aromatic heterocycles. The zero-order valence-electron chi connectivity index (χ0n) is 6.55. The van der Waals surface area contributed by atoms with Crippen LogP contribution in [0.15, 0.2) is 0 Å². The first kappa shape index (κ1) is 13.9. The monoisotopic (exact) mass is 182 g/mol. The van der Waals surface area contributed by atoms with E-state index < -0.39 is 31.8 Å². The second-order valence-corrected chi connectivity index (χ2v) is 2.24. The fraction of sp³-hybridized carbons (Fsp3) is 0.833. The smallest absolute Gasteiger partial charge is 0.290 e. The van der Waals surface area contributed by atoms with Gasteiger partial charge in [0.1, 0.15) is 0 Å². The van der Waals surface area contributed by atoms with Crippen LogP contribution in [0.2, 0.25) is 0 Å². The third-order valence-corrected chi connectivity index (χ3v) is 1.34. The van der Waals surface area contributed by atoms with Crippen LogP contribution in [0.5, 0.6) is 0 Å². The molecule has 0 bridgehead atoms. The van der Waals surface area contributed by atoms with Crippen molar-refractivity contribution in [1.29, 1.82) is 0 Å². The van der Waals surface area contributed by atoms with E-state index in [-0.39, 0.29) is 6.47 Å². The lowest BCUT2D eigenvalue weighted by atomic mass is 9.93. The second kappa shape index (κ2) is 8.41. The highest BCUT2D eigenvalue weighted by Gasteiger charge is 2.26.